The number of hydrogen-bond donors (Lipinski definition) is 1. The Morgan fingerprint density at radius 1 is 1.11 bits per heavy atom. The molecule has 180 valence electrons. The summed E-state index contributed by atoms with van der Waals surface area (Å²) in [5.74, 6) is 1.42. The second kappa shape index (κ2) is 9.27. The molecule has 1 fully saturated rings. The van der Waals surface area contributed by atoms with Crippen molar-refractivity contribution in [2.24, 2.45) is 0 Å². The van der Waals surface area contributed by atoms with Crippen LogP contribution in [0.15, 0.2) is 59.5 Å². The van der Waals surface area contributed by atoms with Crippen LogP contribution in [0.4, 0.5) is 19.0 Å². The van der Waals surface area contributed by atoms with Crippen LogP contribution < -0.4 is 10.2 Å². The van der Waals surface area contributed by atoms with Crippen LogP contribution in [0, 0.1) is 6.92 Å². The quantitative estimate of drug-likeness (QED) is 0.392. The lowest BCUT2D eigenvalue weighted by atomic mass is 10.0. The highest BCUT2D eigenvalue weighted by Crippen LogP contribution is 2.36. The molecule has 0 spiro atoms. The molecule has 1 N–H and O–H groups in total. The first kappa shape index (κ1) is 23.3. The van der Waals surface area contributed by atoms with E-state index in [1.807, 2.05) is 13.0 Å². The Balaban J connectivity index is 1.39. The second-order valence-corrected chi connectivity index (χ2v) is 8.67. The number of hydrogen-bond acceptors (Lipinski definition) is 7. The summed E-state index contributed by atoms with van der Waals surface area (Å²) in [5, 5.41) is 7.78. The molecule has 35 heavy (non-hydrogen) atoms. The summed E-state index contributed by atoms with van der Waals surface area (Å²) in [6.45, 7) is 3.89. The fourth-order valence-corrected chi connectivity index (χ4v) is 4.07. The molecule has 1 aliphatic heterocycles. The van der Waals surface area contributed by atoms with Crippen LogP contribution in [0.5, 0.6) is 0 Å². The Morgan fingerprint density at radius 3 is 2.54 bits per heavy atom. The van der Waals surface area contributed by atoms with Gasteiger partial charge in [0.25, 0.3) is 0 Å². The molecule has 1 aromatic carbocycles. The van der Waals surface area contributed by atoms with E-state index in [4.69, 9.17) is 21.1 Å². The van der Waals surface area contributed by atoms with Gasteiger partial charge in [0.15, 0.2) is 0 Å². The van der Waals surface area contributed by atoms with Gasteiger partial charge in [0, 0.05) is 55.3 Å². The van der Waals surface area contributed by atoms with Crippen molar-refractivity contribution in [2.75, 3.05) is 18.0 Å². The SMILES string of the molecule is Cc1cc(CNC2CN(c3cnc(-c4ccc(C(F)(F)F)cc4)c(-c4ccncc4Cl)n3)C2)no1. The second-order valence-electron chi connectivity index (χ2n) is 8.27. The number of benzene rings is 1. The summed E-state index contributed by atoms with van der Waals surface area (Å²) in [4.78, 5) is 15.5. The molecule has 0 unspecified atom stereocenters. The smallest absolute Gasteiger partial charge is 0.361 e. The molecule has 0 radical (unpaired) electrons. The van der Waals surface area contributed by atoms with E-state index in [1.54, 1.807) is 18.5 Å². The summed E-state index contributed by atoms with van der Waals surface area (Å²) in [6.07, 6.45) is 0.293. The molecular weight excluding hydrogens is 481 g/mol. The maximum absolute atomic E-state index is 13.0. The third kappa shape index (κ3) is 4.98. The van der Waals surface area contributed by atoms with E-state index in [2.05, 4.69) is 25.3 Å². The number of anilines is 1. The van der Waals surface area contributed by atoms with Gasteiger partial charge in [0.2, 0.25) is 0 Å². The molecule has 0 amide bonds. The van der Waals surface area contributed by atoms with E-state index >= 15 is 0 Å². The first-order chi connectivity index (χ1) is 16.8. The van der Waals surface area contributed by atoms with E-state index < -0.39 is 11.7 Å². The molecular formula is C24H20ClF3N6O. The average molecular weight is 501 g/mol. The zero-order valence-electron chi connectivity index (χ0n) is 18.6. The van der Waals surface area contributed by atoms with E-state index in [1.165, 1.54) is 18.3 Å². The standard InChI is InChI=1S/C24H20ClF3N6O/c1-14-8-17(33-35-14)9-30-18-12-34(13-18)21-11-31-22(15-2-4-16(5-3-15)24(26,27)28)23(32-21)19-6-7-29-10-20(19)25/h2-8,10-11,18,30H,9,12-13H2,1H3. The van der Waals surface area contributed by atoms with Crippen molar-refractivity contribution in [3.8, 4) is 22.5 Å². The van der Waals surface area contributed by atoms with Crippen LogP contribution in [0.2, 0.25) is 5.02 Å². The lowest BCUT2D eigenvalue weighted by Crippen LogP contribution is -2.58. The van der Waals surface area contributed by atoms with Crippen molar-refractivity contribution in [1.82, 2.24) is 25.4 Å². The molecule has 1 aliphatic rings. The average Bonchev–Trinajstić information content (AvgIpc) is 3.23. The van der Waals surface area contributed by atoms with E-state index in [-0.39, 0.29) is 6.04 Å². The normalized spacial score (nSPS) is 14.3. The van der Waals surface area contributed by atoms with E-state index in [9.17, 15) is 13.2 Å². The number of rotatable bonds is 6. The molecule has 0 aliphatic carbocycles. The number of halogens is 4. The van der Waals surface area contributed by atoms with Crippen LogP contribution in [-0.4, -0.2) is 39.2 Å². The van der Waals surface area contributed by atoms with Gasteiger partial charge in [-0.05, 0) is 25.1 Å². The lowest BCUT2D eigenvalue weighted by Gasteiger charge is -2.40. The van der Waals surface area contributed by atoms with E-state index in [0.717, 1.165) is 23.6 Å². The Morgan fingerprint density at radius 2 is 1.89 bits per heavy atom. The summed E-state index contributed by atoms with van der Waals surface area (Å²) in [6, 6.07) is 8.69. The first-order valence-corrected chi connectivity index (χ1v) is 11.2. The summed E-state index contributed by atoms with van der Waals surface area (Å²) < 4.78 is 44.1. The predicted molar refractivity (Wildman–Crippen MR) is 125 cm³/mol. The van der Waals surface area contributed by atoms with Crippen LogP contribution in [0.25, 0.3) is 22.5 Å². The fraction of sp³-hybridized carbons (Fsp3) is 0.250. The zero-order chi connectivity index (χ0) is 24.6. The third-order valence-corrected chi connectivity index (χ3v) is 6.03. The van der Waals surface area contributed by atoms with Gasteiger partial charge < -0.3 is 14.7 Å². The Labute approximate surface area is 204 Å². The summed E-state index contributed by atoms with van der Waals surface area (Å²) in [7, 11) is 0. The molecule has 5 rings (SSSR count). The largest absolute Gasteiger partial charge is 0.416 e. The van der Waals surface area contributed by atoms with Gasteiger partial charge in [-0.2, -0.15) is 13.2 Å². The van der Waals surface area contributed by atoms with Crippen LogP contribution >= 0.6 is 11.6 Å². The highest BCUT2D eigenvalue weighted by atomic mass is 35.5. The molecule has 11 heteroatoms. The van der Waals surface area contributed by atoms with Gasteiger partial charge in [-0.15, -0.1) is 0 Å². The van der Waals surface area contributed by atoms with Gasteiger partial charge in [-0.1, -0.05) is 28.9 Å². The van der Waals surface area contributed by atoms with Gasteiger partial charge in [-0.3, -0.25) is 9.97 Å². The third-order valence-electron chi connectivity index (χ3n) is 5.73. The lowest BCUT2D eigenvalue weighted by molar-refractivity contribution is -0.137. The van der Waals surface area contributed by atoms with Crippen LogP contribution in [0.3, 0.4) is 0 Å². The number of aromatic nitrogens is 4. The van der Waals surface area contributed by atoms with Gasteiger partial charge in [0.1, 0.15) is 17.3 Å². The number of alkyl halides is 3. The van der Waals surface area contributed by atoms with Crippen molar-refractivity contribution in [1.29, 1.82) is 0 Å². The molecule has 3 aromatic heterocycles. The minimum Gasteiger partial charge on any atom is -0.361 e. The molecule has 7 nitrogen and oxygen atoms in total. The van der Waals surface area contributed by atoms with Crippen molar-refractivity contribution in [3.63, 3.8) is 0 Å². The highest BCUT2D eigenvalue weighted by Gasteiger charge is 2.31. The topological polar surface area (TPSA) is 80.0 Å². The highest BCUT2D eigenvalue weighted by molar-refractivity contribution is 6.33. The fourth-order valence-electron chi connectivity index (χ4n) is 3.86. The van der Waals surface area contributed by atoms with Gasteiger partial charge >= 0.3 is 6.18 Å². The molecule has 1 saturated heterocycles. The monoisotopic (exact) mass is 500 g/mol. The van der Waals surface area contributed by atoms with Crippen LogP contribution in [0.1, 0.15) is 17.0 Å². The maximum Gasteiger partial charge on any atom is 0.416 e. The predicted octanol–water partition coefficient (Wildman–Crippen LogP) is 5.15. The van der Waals surface area contributed by atoms with E-state index in [0.29, 0.717) is 53.0 Å². The zero-order valence-corrected chi connectivity index (χ0v) is 19.3. The molecule has 0 saturated carbocycles. The van der Waals surface area contributed by atoms with Gasteiger partial charge in [0.05, 0.1) is 28.2 Å². The molecule has 4 heterocycles. The number of nitrogens with zero attached hydrogens (tertiary/aromatic N) is 5. The van der Waals surface area contributed by atoms with Crippen molar-refractivity contribution < 1.29 is 17.7 Å². The minimum atomic E-state index is -4.42. The summed E-state index contributed by atoms with van der Waals surface area (Å²) in [5.41, 5.74) is 2.13. The molecule has 4 aromatic rings. The van der Waals surface area contributed by atoms with Gasteiger partial charge in [-0.25, -0.2) is 4.98 Å². The van der Waals surface area contributed by atoms with Crippen molar-refractivity contribution >= 4 is 17.4 Å². The van der Waals surface area contributed by atoms with Crippen LogP contribution in [-0.2, 0) is 12.7 Å². The minimum absolute atomic E-state index is 0.247. The number of pyridine rings is 1. The Bertz CT molecular complexity index is 1340. The van der Waals surface area contributed by atoms with Crippen molar-refractivity contribution in [3.05, 3.63) is 77.0 Å². The first-order valence-electron chi connectivity index (χ1n) is 10.8. The van der Waals surface area contributed by atoms with Crippen molar-refractivity contribution in [2.45, 2.75) is 25.7 Å². The number of nitrogens with one attached hydrogen (secondary N) is 1. The Kier molecular flexibility index (Phi) is 6.16. The molecule has 0 bridgehead atoms. The maximum atomic E-state index is 13.0. The number of aryl methyl sites for hydroxylation is 1. The summed E-state index contributed by atoms with van der Waals surface area (Å²) >= 11 is 6.39. The molecule has 0 atom stereocenters. The Hall–Kier alpha value is -3.50.